The molecule has 1 atom stereocenters. The summed E-state index contributed by atoms with van der Waals surface area (Å²) in [5.74, 6) is -0.841. The molecule has 0 radical (unpaired) electrons. The summed E-state index contributed by atoms with van der Waals surface area (Å²) in [4.78, 5) is 42.9. The van der Waals surface area contributed by atoms with E-state index in [2.05, 4.69) is 21.8 Å². The number of Topliss-reactive ketones (excluding diaryl/α,β-unsaturated/α-hetero) is 1. The molecule has 2 aliphatic rings. The van der Waals surface area contributed by atoms with Gasteiger partial charge in [0.2, 0.25) is 0 Å². The first-order valence-corrected chi connectivity index (χ1v) is 15.0. The third-order valence-electron chi connectivity index (χ3n) is 8.25. The Bertz CT molecular complexity index is 1430. The maximum Gasteiger partial charge on any atom is 0.416 e. The van der Waals surface area contributed by atoms with E-state index in [1.54, 1.807) is 6.07 Å². The van der Waals surface area contributed by atoms with Crippen LogP contribution in [0, 0.1) is 12.8 Å². The van der Waals surface area contributed by atoms with E-state index in [4.69, 9.17) is 4.98 Å². The van der Waals surface area contributed by atoms with Gasteiger partial charge >= 0.3 is 12.1 Å². The molecule has 2 aromatic heterocycles. The van der Waals surface area contributed by atoms with E-state index in [0.29, 0.717) is 60.6 Å². The lowest BCUT2D eigenvalue weighted by atomic mass is 9.97. The minimum absolute atomic E-state index is 0.0385. The fourth-order valence-electron chi connectivity index (χ4n) is 5.67. The number of anilines is 1. The lowest BCUT2D eigenvalue weighted by Gasteiger charge is -2.33. The molecule has 1 N–H and O–H groups in total. The second-order valence-electron chi connectivity index (χ2n) is 11.2. The van der Waals surface area contributed by atoms with Gasteiger partial charge in [-0.05, 0) is 57.7 Å². The number of thiazole rings is 1. The molecule has 1 aromatic carbocycles. The number of hydrogen-bond donors (Lipinski definition) is 1. The molecule has 224 valence electrons. The van der Waals surface area contributed by atoms with Crippen molar-refractivity contribution in [2.24, 2.45) is 5.92 Å². The number of carboxylic acids is 1. The molecular weight excluding hydrogens is 567 g/mol. The number of benzene rings is 1. The van der Waals surface area contributed by atoms with Crippen LogP contribution in [0.1, 0.15) is 70.5 Å². The maximum atomic E-state index is 13.7. The number of carbonyl (C=O) groups excluding carboxylic acids is 1. The molecule has 2 fully saturated rings. The van der Waals surface area contributed by atoms with E-state index in [0.717, 1.165) is 36.8 Å². The van der Waals surface area contributed by atoms with Gasteiger partial charge in [0.25, 0.3) is 0 Å². The lowest BCUT2D eigenvalue weighted by Crippen LogP contribution is -2.36. The average Bonchev–Trinajstić information content (AvgIpc) is 3.35. The molecule has 0 bridgehead atoms. The zero-order chi connectivity index (χ0) is 30.0. The molecule has 0 unspecified atom stereocenters. The summed E-state index contributed by atoms with van der Waals surface area (Å²) in [7, 11) is 0. The fourth-order valence-corrected chi connectivity index (χ4v) is 6.79. The third-order valence-corrected chi connectivity index (χ3v) is 9.29. The Morgan fingerprint density at radius 3 is 2.48 bits per heavy atom. The summed E-state index contributed by atoms with van der Waals surface area (Å²) in [6.07, 6.45) is 2.75. The molecule has 2 saturated heterocycles. The molecule has 12 heteroatoms. The monoisotopic (exact) mass is 601 g/mol. The van der Waals surface area contributed by atoms with Crippen LogP contribution in [0.4, 0.5) is 19.0 Å². The van der Waals surface area contributed by atoms with Crippen molar-refractivity contribution >= 4 is 28.9 Å². The molecule has 2 aliphatic heterocycles. The third kappa shape index (κ3) is 6.81. The Balaban J connectivity index is 1.36. The smallest absolute Gasteiger partial charge is 0.416 e. The molecule has 0 aliphatic carbocycles. The van der Waals surface area contributed by atoms with Gasteiger partial charge in [-0.3, -0.25) is 14.5 Å². The highest BCUT2D eigenvalue weighted by Gasteiger charge is 2.33. The number of nitrogens with zero attached hydrogens (tertiary/aromatic N) is 5. The summed E-state index contributed by atoms with van der Waals surface area (Å²) < 4.78 is 41.2. The summed E-state index contributed by atoms with van der Waals surface area (Å²) >= 11 is 1.36. The SMILES string of the molecule is Cc1ccc(-c2nc(CC(=O)c3cnc(N4CCC(C(=O)O)CC4)cn3)sc2CN2CCCC[C@H]2C)cc1C(F)(F)F. The van der Waals surface area contributed by atoms with Crippen molar-refractivity contribution in [3.05, 3.63) is 57.3 Å². The van der Waals surface area contributed by atoms with Gasteiger partial charge in [0.1, 0.15) is 16.5 Å². The molecule has 0 saturated carbocycles. The lowest BCUT2D eigenvalue weighted by molar-refractivity contribution is -0.142. The molecule has 5 rings (SSSR count). The number of carboxylic acid groups (broad SMARTS) is 1. The van der Waals surface area contributed by atoms with Crippen molar-refractivity contribution in [2.75, 3.05) is 24.5 Å². The molecule has 0 spiro atoms. The van der Waals surface area contributed by atoms with Gasteiger partial charge < -0.3 is 10.0 Å². The number of piperidine rings is 2. The van der Waals surface area contributed by atoms with Crippen LogP contribution < -0.4 is 4.90 Å². The highest BCUT2D eigenvalue weighted by molar-refractivity contribution is 7.12. The number of halogens is 3. The van der Waals surface area contributed by atoms with Crippen LogP contribution in [0.25, 0.3) is 11.3 Å². The van der Waals surface area contributed by atoms with Crippen molar-refractivity contribution in [1.29, 1.82) is 0 Å². The molecule has 0 amide bonds. The normalized spacial score (nSPS) is 18.8. The minimum atomic E-state index is -4.48. The predicted octanol–water partition coefficient (Wildman–Crippen LogP) is 6.03. The van der Waals surface area contributed by atoms with Crippen LogP contribution in [-0.4, -0.2) is 62.4 Å². The number of aryl methyl sites for hydroxylation is 1. The van der Waals surface area contributed by atoms with Gasteiger partial charge in [0, 0.05) is 36.1 Å². The number of ketones is 1. The first kappa shape index (κ1) is 30.1. The number of hydrogen-bond acceptors (Lipinski definition) is 8. The van der Waals surface area contributed by atoms with Crippen LogP contribution >= 0.6 is 11.3 Å². The van der Waals surface area contributed by atoms with E-state index in [9.17, 15) is 27.9 Å². The molecular formula is C30H34F3N5O3S. The predicted molar refractivity (Wildman–Crippen MR) is 154 cm³/mol. The van der Waals surface area contributed by atoms with Crippen LogP contribution in [0.3, 0.4) is 0 Å². The Morgan fingerprint density at radius 2 is 1.83 bits per heavy atom. The van der Waals surface area contributed by atoms with Crippen molar-refractivity contribution in [3.63, 3.8) is 0 Å². The zero-order valence-corrected chi connectivity index (χ0v) is 24.5. The van der Waals surface area contributed by atoms with Crippen molar-refractivity contribution in [3.8, 4) is 11.3 Å². The van der Waals surface area contributed by atoms with E-state index in [1.807, 2.05) is 4.90 Å². The number of alkyl halides is 3. The van der Waals surface area contributed by atoms with Crippen LogP contribution in [0.15, 0.2) is 30.6 Å². The number of carbonyl (C=O) groups is 2. The van der Waals surface area contributed by atoms with Gasteiger partial charge in [0.05, 0.1) is 36.0 Å². The molecule has 3 aromatic rings. The van der Waals surface area contributed by atoms with Gasteiger partial charge in [-0.1, -0.05) is 18.6 Å². The Morgan fingerprint density at radius 1 is 1.07 bits per heavy atom. The second kappa shape index (κ2) is 12.5. The fraction of sp³-hybridized carbons (Fsp3) is 0.500. The largest absolute Gasteiger partial charge is 0.481 e. The standard InChI is InChI=1S/C30H34F3N5O3S/c1-18-6-7-21(13-22(18)30(31,32)33)28-25(17-38-10-4-3-5-19(38)2)42-27(36-28)14-24(39)23-15-35-26(16-34-23)37-11-8-20(9-12-37)29(40)41/h6-7,13,15-16,19-20H,3-5,8-12,14,17H2,1-2H3,(H,40,41)/t19-/m1/s1. The van der Waals surface area contributed by atoms with Crippen molar-refractivity contribution in [1.82, 2.24) is 19.9 Å². The number of rotatable bonds is 8. The Hall–Kier alpha value is -3.38. The topological polar surface area (TPSA) is 99.5 Å². The first-order valence-electron chi connectivity index (χ1n) is 14.2. The Kier molecular flexibility index (Phi) is 8.93. The quantitative estimate of drug-likeness (QED) is 0.313. The van der Waals surface area contributed by atoms with E-state index in [-0.39, 0.29) is 29.4 Å². The van der Waals surface area contributed by atoms with E-state index < -0.39 is 17.7 Å². The van der Waals surface area contributed by atoms with E-state index >= 15 is 0 Å². The number of likely N-dealkylation sites (tertiary alicyclic amines) is 1. The van der Waals surface area contributed by atoms with Gasteiger partial charge in [-0.25, -0.2) is 15.0 Å². The van der Waals surface area contributed by atoms with Crippen LogP contribution in [0.5, 0.6) is 0 Å². The Labute approximate surface area is 246 Å². The van der Waals surface area contributed by atoms with Gasteiger partial charge in [-0.15, -0.1) is 11.3 Å². The summed E-state index contributed by atoms with van der Waals surface area (Å²) in [5.41, 5.74) is 0.509. The first-order chi connectivity index (χ1) is 20.0. The minimum Gasteiger partial charge on any atom is -0.481 e. The summed E-state index contributed by atoms with van der Waals surface area (Å²) in [6.45, 7) is 6.17. The molecule has 42 heavy (non-hydrogen) atoms. The van der Waals surface area contributed by atoms with Crippen LogP contribution in [-0.2, 0) is 23.9 Å². The highest BCUT2D eigenvalue weighted by Crippen LogP contribution is 2.37. The maximum absolute atomic E-state index is 13.7. The van der Waals surface area contributed by atoms with Crippen molar-refractivity contribution in [2.45, 2.75) is 71.1 Å². The summed E-state index contributed by atoms with van der Waals surface area (Å²) in [5, 5.41) is 9.73. The number of aromatic nitrogens is 3. The van der Waals surface area contributed by atoms with Gasteiger partial charge in [-0.2, -0.15) is 13.2 Å². The average molecular weight is 602 g/mol. The highest BCUT2D eigenvalue weighted by atomic mass is 32.1. The molecule has 4 heterocycles. The number of aliphatic carboxylic acids is 1. The second-order valence-corrected chi connectivity index (χ2v) is 12.3. The zero-order valence-electron chi connectivity index (χ0n) is 23.7. The van der Waals surface area contributed by atoms with Crippen molar-refractivity contribution < 1.29 is 27.9 Å². The summed E-state index contributed by atoms with van der Waals surface area (Å²) in [6, 6.07) is 4.64. The van der Waals surface area contributed by atoms with E-state index in [1.165, 1.54) is 36.7 Å². The molecule has 8 nitrogen and oxygen atoms in total. The van der Waals surface area contributed by atoms with Gasteiger partial charge in [0.15, 0.2) is 5.78 Å². The van der Waals surface area contributed by atoms with Crippen LogP contribution in [0.2, 0.25) is 0 Å².